The molecule has 0 radical (unpaired) electrons. The number of hydrogen-bond donors (Lipinski definition) is 3. The largest absolute Gasteiger partial charge is 0.395 e. The summed E-state index contributed by atoms with van der Waals surface area (Å²) in [6.45, 7) is 2.56. The molecule has 102 valence electrons. The zero-order valence-corrected chi connectivity index (χ0v) is 11.2. The van der Waals surface area contributed by atoms with E-state index in [9.17, 15) is 5.11 Å². The van der Waals surface area contributed by atoms with Crippen molar-refractivity contribution in [3.63, 3.8) is 0 Å². The first-order chi connectivity index (χ1) is 9.24. The van der Waals surface area contributed by atoms with Crippen LogP contribution in [0.4, 0.5) is 0 Å². The molecule has 0 amide bonds. The van der Waals surface area contributed by atoms with Crippen LogP contribution in [0, 0.1) is 0 Å². The minimum absolute atomic E-state index is 0.0510. The van der Waals surface area contributed by atoms with Gasteiger partial charge in [-0.1, -0.05) is 43.3 Å². The molecule has 2 unspecified atom stereocenters. The van der Waals surface area contributed by atoms with Crippen molar-refractivity contribution < 1.29 is 10.2 Å². The highest BCUT2D eigenvalue weighted by Gasteiger charge is 2.10. The zero-order chi connectivity index (χ0) is 13.7. The molecule has 0 fully saturated rings. The number of hydrogen-bond acceptors (Lipinski definition) is 3. The molecule has 0 spiro atoms. The molecule has 3 N–H and O–H groups in total. The van der Waals surface area contributed by atoms with E-state index >= 15 is 0 Å². The number of benzene rings is 2. The Labute approximate surface area is 113 Å². The third-order valence-corrected chi connectivity index (χ3v) is 3.47. The maximum absolute atomic E-state index is 10.2. The molecule has 3 nitrogen and oxygen atoms in total. The molecule has 0 saturated heterocycles. The zero-order valence-electron chi connectivity index (χ0n) is 11.2. The molecular formula is C16H21NO2. The number of aliphatic hydroxyl groups is 2. The van der Waals surface area contributed by atoms with E-state index in [1.165, 1.54) is 5.39 Å². The van der Waals surface area contributed by atoms with Gasteiger partial charge in [0, 0.05) is 12.6 Å². The summed E-state index contributed by atoms with van der Waals surface area (Å²) in [4.78, 5) is 0. The maximum atomic E-state index is 10.2. The van der Waals surface area contributed by atoms with Crippen LogP contribution >= 0.6 is 0 Å². The molecule has 0 bridgehead atoms. The quantitative estimate of drug-likeness (QED) is 0.745. The SMILES string of the molecule is CCC(CO)NCC(O)c1ccc2ccccc2c1. The van der Waals surface area contributed by atoms with Crippen LogP contribution in [-0.4, -0.2) is 29.4 Å². The Morgan fingerprint density at radius 2 is 1.84 bits per heavy atom. The molecule has 2 atom stereocenters. The summed E-state index contributed by atoms with van der Waals surface area (Å²) in [5.41, 5.74) is 0.902. The van der Waals surface area contributed by atoms with E-state index in [4.69, 9.17) is 5.11 Å². The normalized spacial score (nSPS) is 14.5. The first-order valence-electron chi connectivity index (χ1n) is 6.75. The van der Waals surface area contributed by atoms with E-state index < -0.39 is 6.10 Å². The van der Waals surface area contributed by atoms with Crippen LogP contribution in [-0.2, 0) is 0 Å². The molecule has 0 aliphatic rings. The second-order valence-electron chi connectivity index (χ2n) is 4.82. The number of nitrogens with one attached hydrogen (secondary N) is 1. The van der Waals surface area contributed by atoms with Gasteiger partial charge < -0.3 is 15.5 Å². The second kappa shape index (κ2) is 6.66. The van der Waals surface area contributed by atoms with E-state index in [0.29, 0.717) is 6.54 Å². The standard InChI is InChI=1S/C16H21NO2/c1-2-15(11-18)17-10-16(19)14-8-7-12-5-3-4-6-13(12)9-14/h3-9,15-19H,2,10-11H2,1H3. The summed E-state index contributed by atoms with van der Waals surface area (Å²) in [6, 6.07) is 14.1. The van der Waals surface area contributed by atoms with E-state index in [1.807, 2.05) is 43.3 Å². The summed E-state index contributed by atoms with van der Waals surface area (Å²) in [5, 5.41) is 24.8. The lowest BCUT2D eigenvalue weighted by Crippen LogP contribution is -2.34. The highest BCUT2D eigenvalue weighted by Crippen LogP contribution is 2.20. The lowest BCUT2D eigenvalue weighted by atomic mass is 10.0. The molecule has 0 aromatic heterocycles. The molecule has 0 aliphatic carbocycles. The minimum atomic E-state index is -0.551. The Balaban J connectivity index is 2.06. The first-order valence-corrected chi connectivity index (χ1v) is 6.75. The third kappa shape index (κ3) is 3.53. The van der Waals surface area contributed by atoms with Gasteiger partial charge in [0.2, 0.25) is 0 Å². The molecule has 3 heteroatoms. The number of fused-ring (bicyclic) bond motifs is 1. The predicted molar refractivity (Wildman–Crippen MR) is 78.1 cm³/mol. The van der Waals surface area contributed by atoms with E-state index in [0.717, 1.165) is 17.4 Å². The van der Waals surface area contributed by atoms with Crippen LogP contribution < -0.4 is 5.32 Å². The smallest absolute Gasteiger partial charge is 0.0914 e. The van der Waals surface area contributed by atoms with Crippen molar-refractivity contribution in [3.8, 4) is 0 Å². The van der Waals surface area contributed by atoms with Crippen molar-refractivity contribution in [2.45, 2.75) is 25.5 Å². The van der Waals surface area contributed by atoms with Gasteiger partial charge in [0.25, 0.3) is 0 Å². The Hall–Kier alpha value is -1.42. The lowest BCUT2D eigenvalue weighted by Gasteiger charge is -2.18. The van der Waals surface area contributed by atoms with Gasteiger partial charge in [-0.2, -0.15) is 0 Å². The van der Waals surface area contributed by atoms with E-state index in [-0.39, 0.29) is 12.6 Å². The third-order valence-electron chi connectivity index (χ3n) is 3.47. The van der Waals surface area contributed by atoms with Gasteiger partial charge in [-0.05, 0) is 28.8 Å². The van der Waals surface area contributed by atoms with Crippen molar-refractivity contribution in [2.24, 2.45) is 0 Å². The molecule has 2 aromatic rings. The summed E-state index contributed by atoms with van der Waals surface area (Å²) in [7, 11) is 0. The lowest BCUT2D eigenvalue weighted by molar-refractivity contribution is 0.158. The van der Waals surface area contributed by atoms with Crippen molar-refractivity contribution in [2.75, 3.05) is 13.2 Å². The average Bonchev–Trinajstić information content (AvgIpc) is 2.47. The summed E-state index contributed by atoms with van der Waals surface area (Å²) >= 11 is 0. The van der Waals surface area contributed by atoms with Gasteiger partial charge in [-0.25, -0.2) is 0 Å². The minimum Gasteiger partial charge on any atom is -0.395 e. The van der Waals surface area contributed by atoms with Gasteiger partial charge in [0.15, 0.2) is 0 Å². The van der Waals surface area contributed by atoms with Gasteiger partial charge >= 0.3 is 0 Å². The van der Waals surface area contributed by atoms with Crippen LogP contribution in [0.25, 0.3) is 10.8 Å². The van der Waals surface area contributed by atoms with Crippen molar-refractivity contribution in [1.82, 2.24) is 5.32 Å². The molecular weight excluding hydrogens is 238 g/mol. The molecule has 2 rings (SSSR count). The number of aliphatic hydroxyl groups excluding tert-OH is 2. The van der Waals surface area contributed by atoms with E-state index in [2.05, 4.69) is 11.4 Å². The van der Waals surface area contributed by atoms with Crippen molar-refractivity contribution in [1.29, 1.82) is 0 Å². The molecule has 0 saturated carbocycles. The fourth-order valence-corrected chi connectivity index (χ4v) is 2.15. The van der Waals surface area contributed by atoms with E-state index in [1.54, 1.807) is 0 Å². The van der Waals surface area contributed by atoms with Crippen molar-refractivity contribution in [3.05, 3.63) is 48.0 Å². The van der Waals surface area contributed by atoms with Gasteiger partial charge in [-0.3, -0.25) is 0 Å². The maximum Gasteiger partial charge on any atom is 0.0914 e. The van der Waals surface area contributed by atoms with Crippen LogP contribution in [0.5, 0.6) is 0 Å². The van der Waals surface area contributed by atoms with Crippen LogP contribution in [0.3, 0.4) is 0 Å². The fourth-order valence-electron chi connectivity index (χ4n) is 2.15. The van der Waals surface area contributed by atoms with Gasteiger partial charge in [-0.15, -0.1) is 0 Å². The van der Waals surface area contributed by atoms with Gasteiger partial charge in [0.1, 0.15) is 0 Å². The Kier molecular flexibility index (Phi) is 4.91. The highest BCUT2D eigenvalue weighted by molar-refractivity contribution is 5.83. The average molecular weight is 259 g/mol. The number of rotatable bonds is 6. The Morgan fingerprint density at radius 1 is 1.11 bits per heavy atom. The van der Waals surface area contributed by atoms with Gasteiger partial charge in [0.05, 0.1) is 12.7 Å². The molecule has 0 heterocycles. The summed E-state index contributed by atoms with van der Waals surface area (Å²) in [6.07, 6.45) is 0.297. The second-order valence-corrected chi connectivity index (χ2v) is 4.82. The fraction of sp³-hybridized carbons (Fsp3) is 0.375. The molecule has 0 aliphatic heterocycles. The summed E-state index contributed by atoms with van der Waals surface area (Å²) in [5.74, 6) is 0. The Morgan fingerprint density at radius 3 is 2.53 bits per heavy atom. The van der Waals surface area contributed by atoms with Crippen molar-refractivity contribution >= 4 is 10.8 Å². The molecule has 19 heavy (non-hydrogen) atoms. The topological polar surface area (TPSA) is 52.5 Å². The first kappa shape index (κ1) is 14.0. The van der Waals surface area contributed by atoms with Crippen LogP contribution in [0.2, 0.25) is 0 Å². The van der Waals surface area contributed by atoms with Crippen LogP contribution in [0.15, 0.2) is 42.5 Å². The van der Waals surface area contributed by atoms with Crippen LogP contribution in [0.1, 0.15) is 25.0 Å². The predicted octanol–water partition coefficient (Wildman–Crippen LogP) is 2.23. The highest BCUT2D eigenvalue weighted by atomic mass is 16.3. The summed E-state index contributed by atoms with van der Waals surface area (Å²) < 4.78 is 0. The molecule has 2 aromatic carbocycles. The monoisotopic (exact) mass is 259 g/mol. The Bertz CT molecular complexity index is 523.